The molecule has 0 unspecified atom stereocenters. The van der Waals surface area contributed by atoms with E-state index < -0.39 is 0 Å². The second-order valence-electron chi connectivity index (χ2n) is 2.43. The zero-order chi connectivity index (χ0) is 8.39. The van der Waals surface area contributed by atoms with E-state index in [2.05, 4.69) is 15.9 Å². The lowest BCUT2D eigenvalue weighted by atomic mass is 10.2. The molecule has 0 saturated heterocycles. The van der Waals surface area contributed by atoms with Gasteiger partial charge in [0.05, 0.1) is 0 Å². The second kappa shape index (κ2) is 3.19. The Morgan fingerprint density at radius 2 is 1.58 bits per heavy atom. The lowest BCUT2D eigenvalue weighted by Gasteiger charge is -2.09. The van der Waals surface area contributed by atoms with Crippen molar-refractivity contribution in [2.24, 2.45) is 0 Å². The normalized spacial score (nSPS) is 15.8. The summed E-state index contributed by atoms with van der Waals surface area (Å²) in [6.45, 7) is 0. The van der Waals surface area contributed by atoms with Crippen LogP contribution in [0.25, 0.3) is 0 Å². The largest absolute Gasteiger partial charge is 0.455 e. The fraction of sp³-hybridized carbons (Fsp3) is 0.111. The van der Waals surface area contributed by atoms with Crippen LogP contribution in [-0.2, 0) is 9.47 Å². The van der Waals surface area contributed by atoms with Crippen LogP contribution in [0.15, 0.2) is 41.3 Å². The van der Waals surface area contributed by atoms with Crippen molar-refractivity contribution in [2.75, 3.05) is 0 Å². The number of hydrogen-bond acceptors (Lipinski definition) is 2. The van der Waals surface area contributed by atoms with Gasteiger partial charge in [0, 0.05) is 10.0 Å². The molecule has 1 aromatic carbocycles. The predicted molar refractivity (Wildman–Crippen MR) is 48.2 cm³/mol. The quantitative estimate of drug-likeness (QED) is 0.734. The van der Waals surface area contributed by atoms with Crippen LogP contribution in [-0.4, -0.2) is 0 Å². The fourth-order valence-electron chi connectivity index (χ4n) is 1.02. The highest BCUT2D eigenvalue weighted by atomic mass is 79.9. The van der Waals surface area contributed by atoms with Crippen molar-refractivity contribution in [3.63, 3.8) is 0 Å². The fourth-order valence-corrected chi connectivity index (χ4v) is 1.28. The van der Waals surface area contributed by atoms with Crippen LogP contribution in [0, 0.1) is 0 Å². The molecule has 0 bridgehead atoms. The Morgan fingerprint density at radius 3 is 2.17 bits per heavy atom. The van der Waals surface area contributed by atoms with Gasteiger partial charge in [-0.05, 0) is 12.1 Å². The zero-order valence-electron chi connectivity index (χ0n) is 6.24. The molecule has 12 heavy (non-hydrogen) atoms. The van der Waals surface area contributed by atoms with Crippen molar-refractivity contribution in [1.82, 2.24) is 0 Å². The van der Waals surface area contributed by atoms with Gasteiger partial charge in [-0.1, -0.05) is 28.1 Å². The first-order chi connectivity index (χ1) is 5.86. The van der Waals surface area contributed by atoms with Crippen LogP contribution in [0.4, 0.5) is 0 Å². The number of benzene rings is 1. The zero-order valence-corrected chi connectivity index (χ0v) is 7.82. The van der Waals surface area contributed by atoms with Crippen molar-refractivity contribution < 1.29 is 9.47 Å². The summed E-state index contributed by atoms with van der Waals surface area (Å²) in [6.07, 6.45) is 2.83. The molecule has 2 rings (SSSR count). The molecule has 0 fully saturated rings. The van der Waals surface area contributed by atoms with E-state index in [1.165, 1.54) is 0 Å². The molecule has 1 aliphatic heterocycles. The minimum absolute atomic E-state index is 0.266. The van der Waals surface area contributed by atoms with Crippen LogP contribution in [0.1, 0.15) is 11.9 Å². The molecule has 1 heterocycles. The molecule has 0 amide bonds. The summed E-state index contributed by atoms with van der Waals surface area (Å²) in [6, 6.07) is 7.84. The number of rotatable bonds is 1. The topological polar surface area (TPSA) is 18.5 Å². The lowest BCUT2D eigenvalue weighted by Crippen LogP contribution is -1.96. The molecule has 0 aromatic heterocycles. The van der Waals surface area contributed by atoms with Crippen LogP contribution < -0.4 is 0 Å². The SMILES string of the molecule is Brc1ccc(C2OC=CO2)cc1. The van der Waals surface area contributed by atoms with Crippen LogP contribution in [0.5, 0.6) is 0 Å². The molecule has 0 radical (unpaired) electrons. The first kappa shape index (κ1) is 7.68. The van der Waals surface area contributed by atoms with Crippen LogP contribution >= 0.6 is 15.9 Å². The van der Waals surface area contributed by atoms with Gasteiger partial charge in [-0.25, -0.2) is 0 Å². The molecule has 0 atom stereocenters. The standard InChI is InChI=1S/C9H7BrO2/c10-8-3-1-7(2-4-8)9-11-5-6-12-9/h1-6,9H. The summed E-state index contributed by atoms with van der Waals surface area (Å²) in [4.78, 5) is 0. The molecule has 0 N–H and O–H groups in total. The number of ether oxygens (including phenoxy) is 2. The summed E-state index contributed by atoms with van der Waals surface area (Å²) >= 11 is 3.36. The third kappa shape index (κ3) is 1.46. The lowest BCUT2D eigenvalue weighted by molar-refractivity contribution is -0.0246. The smallest absolute Gasteiger partial charge is 0.266 e. The Balaban J connectivity index is 2.18. The Labute approximate surface area is 78.9 Å². The Bertz CT molecular complexity index is 284. The van der Waals surface area contributed by atoms with Crippen molar-refractivity contribution >= 4 is 15.9 Å². The van der Waals surface area contributed by atoms with E-state index in [0.29, 0.717) is 0 Å². The van der Waals surface area contributed by atoms with Gasteiger partial charge in [-0.15, -0.1) is 0 Å². The highest BCUT2D eigenvalue weighted by molar-refractivity contribution is 9.10. The third-order valence-electron chi connectivity index (χ3n) is 1.60. The van der Waals surface area contributed by atoms with E-state index in [0.717, 1.165) is 10.0 Å². The molecular formula is C9H7BrO2. The molecular weight excluding hydrogens is 220 g/mol. The van der Waals surface area contributed by atoms with Gasteiger partial charge in [0.2, 0.25) is 0 Å². The molecule has 1 aromatic rings. The Hall–Kier alpha value is -0.960. The summed E-state index contributed by atoms with van der Waals surface area (Å²) < 4.78 is 11.4. The third-order valence-corrected chi connectivity index (χ3v) is 2.13. The maximum absolute atomic E-state index is 5.16. The molecule has 2 nitrogen and oxygen atoms in total. The summed E-state index contributed by atoms with van der Waals surface area (Å²) in [5.74, 6) is 0. The first-order valence-corrected chi connectivity index (χ1v) is 4.37. The van der Waals surface area contributed by atoms with E-state index in [1.807, 2.05) is 24.3 Å². The van der Waals surface area contributed by atoms with Crippen LogP contribution in [0.3, 0.4) is 0 Å². The Morgan fingerprint density at radius 1 is 1.00 bits per heavy atom. The van der Waals surface area contributed by atoms with Crippen molar-refractivity contribution in [2.45, 2.75) is 6.29 Å². The molecule has 0 saturated carbocycles. The van der Waals surface area contributed by atoms with Gasteiger partial charge in [0.1, 0.15) is 12.5 Å². The van der Waals surface area contributed by atoms with E-state index in [-0.39, 0.29) is 6.29 Å². The average Bonchev–Trinajstić information content (AvgIpc) is 2.58. The highest BCUT2D eigenvalue weighted by Crippen LogP contribution is 2.24. The van der Waals surface area contributed by atoms with Crippen molar-refractivity contribution in [1.29, 1.82) is 0 Å². The number of halogens is 1. The monoisotopic (exact) mass is 226 g/mol. The summed E-state index contributed by atoms with van der Waals surface area (Å²) in [5, 5.41) is 0. The summed E-state index contributed by atoms with van der Waals surface area (Å²) in [7, 11) is 0. The maximum atomic E-state index is 5.16. The molecule has 62 valence electrons. The van der Waals surface area contributed by atoms with E-state index in [9.17, 15) is 0 Å². The van der Waals surface area contributed by atoms with Gasteiger partial charge in [0.25, 0.3) is 6.29 Å². The van der Waals surface area contributed by atoms with E-state index in [1.54, 1.807) is 12.5 Å². The molecule has 1 aliphatic rings. The maximum Gasteiger partial charge on any atom is 0.266 e. The minimum Gasteiger partial charge on any atom is -0.455 e. The molecule has 0 spiro atoms. The average molecular weight is 227 g/mol. The molecule has 3 heteroatoms. The number of hydrogen-bond donors (Lipinski definition) is 0. The van der Waals surface area contributed by atoms with Gasteiger partial charge in [0.15, 0.2) is 0 Å². The van der Waals surface area contributed by atoms with Gasteiger partial charge in [-0.3, -0.25) is 0 Å². The highest BCUT2D eigenvalue weighted by Gasteiger charge is 2.14. The van der Waals surface area contributed by atoms with Gasteiger partial charge in [-0.2, -0.15) is 0 Å². The predicted octanol–water partition coefficient (Wildman–Crippen LogP) is 2.97. The van der Waals surface area contributed by atoms with Gasteiger partial charge < -0.3 is 9.47 Å². The minimum atomic E-state index is -0.266. The first-order valence-electron chi connectivity index (χ1n) is 3.58. The van der Waals surface area contributed by atoms with Crippen molar-refractivity contribution in [3.8, 4) is 0 Å². The Kier molecular flexibility index (Phi) is 2.04. The van der Waals surface area contributed by atoms with E-state index >= 15 is 0 Å². The summed E-state index contributed by atoms with van der Waals surface area (Å²) in [5.41, 5.74) is 1.02. The second-order valence-corrected chi connectivity index (χ2v) is 3.34. The van der Waals surface area contributed by atoms with Crippen molar-refractivity contribution in [3.05, 3.63) is 46.8 Å². The molecule has 0 aliphatic carbocycles. The van der Waals surface area contributed by atoms with E-state index in [4.69, 9.17) is 9.47 Å². The van der Waals surface area contributed by atoms with Gasteiger partial charge >= 0.3 is 0 Å². The van der Waals surface area contributed by atoms with Crippen LogP contribution in [0.2, 0.25) is 0 Å².